The van der Waals surface area contributed by atoms with Gasteiger partial charge in [0.2, 0.25) is 0 Å². The molecule has 0 radical (unpaired) electrons. The average Bonchev–Trinajstić information content (AvgIpc) is 3.09. The summed E-state index contributed by atoms with van der Waals surface area (Å²) in [6.07, 6.45) is 0. The molecule has 3 rings (SSSR count). The minimum Gasteiger partial charge on any atom is -0.494 e. The van der Waals surface area contributed by atoms with Crippen molar-refractivity contribution in [2.24, 2.45) is 0 Å². The van der Waals surface area contributed by atoms with Gasteiger partial charge in [0.25, 0.3) is 11.8 Å². The van der Waals surface area contributed by atoms with Crippen LogP contribution in [-0.4, -0.2) is 23.4 Å². The summed E-state index contributed by atoms with van der Waals surface area (Å²) in [4.78, 5) is 29.5. The van der Waals surface area contributed by atoms with Gasteiger partial charge in [0.1, 0.15) is 15.6 Å². The van der Waals surface area contributed by atoms with E-state index in [0.717, 1.165) is 11.3 Å². The van der Waals surface area contributed by atoms with Crippen LogP contribution in [0.4, 0.5) is 0 Å². The third-order valence-electron chi connectivity index (χ3n) is 3.82. The Labute approximate surface area is 171 Å². The monoisotopic (exact) mass is 415 g/mol. The van der Waals surface area contributed by atoms with Gasteiger partial charge in [-0.3, -0.25) is 20.4 Å². The lowest BCUT2D eigenvalue weighted by Gasteiger charge is -2.07. The van der Waals surface area contributed by atoms with E-state index in [1.54, 1.807) is 31.2 Å². The molecule has 6 nitrogen and oxygen atoms in total. The molecule has 0 saturated heterocycles. The first kappa shape index (κ1) is 19.9. The van der Waals surface area contributed by atoms with Gasteiger partial charge in [0.05, 0.1) is 22.9 Å². The highest BCUT2D eigenvalue weighted by atomic mass is 35.5. The molecule has 0 aliphatic heterocycles. The number of benzene rings is 2. The fourth-order valence-electron chi connectivity index (χ4n) is 2.47. The number of carbonyl (C=O) groups excluding carboxylic acids is 2. The largest absolute Gasteiger partial charge is 0.494 e. The van der Waals surface area contributed by atoms with Crippen LogP contribution in [-0.2, 0) is 0 Å². The quantitative estimate of drug-likeness (QED) is 0.610. The SMILES string of the molecule is CCOc1ccc(-c2nc(C)c(C(=O)NNC(=O)c3ccccc3Cl)s2)cc1. The van der Waals surface area contributed by atoms with Crippen LogP contribution in [0, 0.1) is 6.92 Å². The minimum absolute atomic E-state index is 0.278. The van der Waals surface area contributed by atoms with Gasteiger partial charge in [-0.15, -0.1) is 11.3 Å². The van der Waals surface area contributed by atoms with Crippen molar-refractivity contribution in [1.29, 1.82) is 0 Å². The van der Waals surface area contributed by atoms with Crippen molar-refractivity contribution in [3.05, 3.63) is 69.7 Å². The van der Waals surface area contributed by atoms with Gasteiger partial charge in [-0.25, -0.2) is 4.98 Å². The molecule has 2 N–H and O–H groups in total. The second-order valence-corrected chi connectivity index (χ2v) is 7.19. The molecule has 28 heavy (non-hydrogen) atoms. The molecule has 0 aliphatic carbocycles. The van der Waals surface area contributed by atoms with E-state index in [4.69, 9.17) is 16.3 Å². The van der Waals surface area contributed by atoms with Crippen molar-refractivity contribution in [3.8, 4) is 16.3 Å². The van der Waals surface area contributed by atoms with Crippen molar-refractivity contribution in [3.63, 3.8) is 0 Å². The highest BCUT2D eigenvalue weighted by molar-refractivity contribution is 7.17. The highest BCUT2D eigenvalue weighted by Gasteiger charge is 2.18. The summed E-state index contributed by atoms with van der Waals surface area (Å²) in [7, 11) is 0. The van der Waals surface area contributed by atoms with E-state index in [1.807, 2.05) is 31.2 Å². The molecule has 3 aromatic rings. The van der Waals surface area contributed by atoms with Gasteiger partial charge < -0.3 is 4.74 Å². The van der Waals surface area contributed by atoms with Crippen molar-refractivity contribution in [1.82, 2.24) is 15.8 Å². The summed E-state index contributed by atoms with van der Waals surface area (Å²) in [6, 6.07) is 14.1. The van der Waals surface area contributed by atoms with Crippen LogP contribution in [0.3, 0.4) is 0 Å². The van der Waals surface area contributed by atoms with Gasteiger partial charge >= 0.3 is 0 Å². The molecule has 1 aromatic heterocycles. The molecule has 0 aliphatic rings. The Morgan fingerprint density at radius 3 is 2.43 bits per heavy atom. The topological polar surface area (TPSA) is 80.3 Å². The predicted octanol–water partition coefficient (Wildman–Crippen LogP) is 4.25. The first-order valence-electron chi connectivity index (χ1n) is 8.55. The molecule has 2 aromatic carbocycles. The Morgan fingerprint density at radius 1 is 1.07 bits per heavy atom. The van der Waals surface area contributed by atoms with Crippen LogP contribution in [0.15, 0.2) is 48.5 Å². The number of nitrogens with zero attached hydrogens (tertiary/aromatic N) is 1. The molecule has 144 valence electrons. The smallest absolute Gasteiger partial charge is 0.281 e. The van der Waals surface area contributed by atoms with Crippen molar-refractivity contribution < 1.29 is 14.3 Å². The molecule has 0 atom stereocenters. The molecular weight excluding hydrogens is 398 g/mol. The summed E-state index contributed by atoms with van der Waals surface area (Å²) < 4.78 is 5.43. The number of halogens is 1. The summed E-state index contributed by atoms with van der Waals surface area (Å²) in [6.45, 7) is 4.27. The minimum atomic E-state index is -0.493. The van der Waals surface area contributed by atoms with Crippen LogP contribution in [0.25, 0.3) is 10.6 Å². The maximum Gasteiger partial charge on any atom is 0.281 e. The third-order valence-corrected chi connectivity index (χ3v) is 5.36. The molecule has 2 amide bonds. The lowest BCUT2D eigenvalue weighted by Crippen LogP contribution is -2.41. The summed E-state index contributed by atoms with van der Waals surface area (Å²) in [5, 5.41) is 1.02. The molecule has 1 heterocycles. The second kappa shape index (κ2) is 8.86. The predicted molar refractivity (Wildman–Crippen MR) is 110 cm³/mol. The molecular formula is C20H18ClN3O3S. The van der Waals surface area contributed by atoms with E-state index in [0.29, 0.717) is 27.2 Å². The van der Waals surface area contributed by atoms with Gasteiger partial charge in [0.15, 0.2) is 0 Å². The van der Waals surface area contributed by atoms with Crippen molar-refractivity contribution in [2.75, 3.05) is 6.61 Å². The van der Waals surface area contributed by atoms with E-state index < -0.39 is 11.8 Å². The standard InChI is InChI=1S/C20H18ClN3O3S/c1-3-27-14-10-8-13(9-11-14)20-22-12(2)17(28-20)19(26)24-23-18(25)15-6-4-5-7-16(15)21/h4-11H,3H2,1-2H3,(H,23,25)(H,24,26). The van der Waals surface area contributed by atoms with Crippen LogP contribution in [0.5, 0.6) is 5.75 Å². The molecule has 0 saturated carbocycles. The second-order valence-electron chi connectivity index (χ2n) is 5.78. The number of hydrogen-bond acceptors (Lipinski definition) is 5. The Morgan fingerprint density at radius 2 is 1.75 bits per heavy atom. The van der Waals surface area contributed by atoms with E-state index in [9.17, 15) is 9.59 Å². The number of nitrogens with one attached hydrogen (secondary N) is 2. The number of aryl methyl sites for hydroxylation is 1. The maximum atomic E-state index is 12.5. The lowest BCUT2D eigenvalue weighted by molar-refractivity contribution is 0.0848. The normalized spacial score (nSPS) is 10.4. The Hall–Kier alpha value is -2.90. The third kappa shape index (κ3) is 4.49. The number of hydrogen-bond donors (Lipinski definition) is 2. The van der Waals surface area contributed by atoms with Gasteiger partial charge in [0, 0.05) is 5.56 Å². The fraction of sp³-hybridized carbons (Fsp3) is 0.150. The maximum absolute atomic E-state index is 12.5. The van der Waals surface area contributed by atoms with E-state index in [1.165, 1.54) is 11.3 Å². The van der Waals surface area contributed by atoms with Crippen LogP contribution in [0.2, 0.25) is 5.02 Å². The number of ether oxygens (including phenoxy) is 1. The number of rotatable bonds is 5. The van der Waals surface area contributed by atoms with Crippen molar-refractivity contribution in [2.45, 2.75) is 13.8 Å². The number of amides is 2. The van der Waals surface area contributed by atoms with Crippen LogP contribution < -0.4 is 15.6 Å². The van der Waals surface area contributed by atoms with E-state index in [-0.39, 0.29) is 5.56 Å². The Balaban J connectivity index is 1.69. The number of aromatic nitrogens is 1. The summed E-state index contributed by atoms with van der Waals surface area (Å²) in [5.41, 5.74) is 6.53. The first-order valence-corrected chi connectivity index (χ1v) is 9.75. The number of hydrazine groups is 1. The fourth-order valence-corrected chi connectivity index (χ4v) is 3.66. The molecule has 0 unspecified atom stereocenters. The van der Waals surface area contributed by atoms with Crippen LogP contribution in [0.1, 0.15) is 32.6 Å². The molecule has 8 heteroatoms. The summed E-state index contributed by atoms with van der Waals surface area (Å²) in [5.74, 6) is -0.153. The summed E-state index contributed by atoms with van der Waals surface area (Å²) >= 11 is 7.24. The van der Waals surface area contributed by atoms with Gasteiger partial charge in [-0.2, -0.15) is 0 Å². The Bertz CT molecular complexity index is 1000. The highest BCUT2D eigenvalue weighted by Crippen LogP contribution is 2.29. The average molecular weight is 416 g/mol. The van der Waals surface area contributed by atoms with Crippen molar-refractivity contribution >= 4 is 34.8 Å². The van der Waals surface area contributed by atoms with Gasteiger partial charge in [-0.1, -0.05) is 23.7 Å². The van der Waals surface area contributed by atoms with E-state index in [2.05, 4.69) is 15.8 Å². The first-order chi connectivity index (χ1) is 13.5. The molecule has 0 spiro atoms. The zero-order valence-corrected chi connectivity index (χ0v) is 16.9. The Kier molecular flexibility index (Phi) is 6.28. The zero-order chi connectivity index (χ0) is 20.1. The van der Waals surface area contributed by atoms with Crippen LogP contribution >= 0.6 is 22.9 Å². The van der Waals surface area contributed by atoms with Gasteiger partial charge in [-0.05, 0) is 50.2 Å². The molecule has 0 fully saturated rings. The number of carbonyl (C=O) groups is 2. The van der Waals surface area contributed by atoms with E-state index >= 15 is 0 Å². The zero-order valence-electron chi connectivity index (χ0n) is 15.3. The molecule has 0 bridgehead atoms. The lowest BCUT2D eigenvalue weighted by atomic mass is 10.2. The number of thiazole rings is 1.